The molecule has 2 atom stereocenters. The lowest BCUT2D eigenvalue weighted by Gasteiger charge is -2.16. The van der Waals surface area contributed by atoms with Gasteiger partial charge in [-0.15, -0.1) is 13.2 Å². The van der Waals surface area contributed by atoms with Gasteiger partial charge in [0.1, 0.15) is 11.8 Å². The molecule has 0 heterocycles. The van der Waals surface area contributed by atoms with Gasteiger partial charge in [-0.2, -0.15) is 0 Å². The average molecular weight is 332 g/mol. The normalized spacial score (nSPS) is 14.0. The Morgan fingerprint density at radius 2 is 1.83 bits per heavy atom. The average Bonchev–Trinajstić information content (AvgIpc) is 2.43. The van der Waals surface area contributed by atoms with Crippen molar-refractivity contribution in [2.75, 3.05) is 0 Å². The number of ether oxygens (including phenoxy) is 1. The van der Waals surface area contributed by atoms with E-state index >= 15 is 0 Å². The second-order valence-corrected chi connectivity index (χ2v) is 5.15. The summed E-state index contributed by atoms with van der Waals surface area (Å²) in [6.45, 7) is 3.48. The first-order valence-corrected chi connectivity index (χ1v) is 7.06. The van der Waals surface area contributed by atoms with Gasteiger partial charge >= 0.3 is 6.36 Å². The quantitative estimate of drug-likeness (QED) is 0.805. The molecule has 3 N–H and O–H groups in total. The van der Waals surface area contributed by atoms with Crippen molar-refractivity contribution >= 4 is 11.8 Å². The molecule has 0 saturated heterocycles. The minimum Gasteiger partial charge on any atom is -0.406 e. The number of benzene rings is 1. The van der Waals surface area contributed by atoms with Crippen molar-refractivity contribution in [3.8, 4) is 5.75 Å². The molecule has 0 bridgehead atoms. The third-order valence-corrected chi connectivity index (χ3v) is 3.26. The molecule has 2 amide bonds. The predicted molar refractivity (Wildman–Crippen MR) is 77.6 cm³/mol. The molecular formula is C15H19F3N2O3. The Morgan fingerprint density at radius 1 is 1.26 bits per heavy atom. The summed E-state index contributed by atoms with van der Waals surface area (Å²) in [5, 5.41) is 2.52. The Labute approximate surface area is 132 Å². The van der Waals surface area contributed by atoms with Gasteiger partial charge in [-0.05, 0) is 30.0 Å². The van der Waals surface area contributed by atoms with E-state index in [1.54, 1.807) is 13.8 Å². The van der Waals surface area contributed by atoms with Crippen LogP contribution in [0.25, 0.3) is 0 Å². The number of hydrogen-bond acceptors (Lipinski definition) is 3. The predicted octanol–water partition coefficient (Wildman–Crippen LogP) is 2.46. The summed E-state index contributed by atoms with van der Waals surface area (Å²) in [4.78, 5) is 22.9. The van der Waals surface area contributed by atoms with Gasteiger partial charge in [-0.25, -0.2) is 0 Å². The smallest absolute Gasteiger partial charge is 0.406 e. The highest BCUT2D eigenvalue weighted by Gasteiger charge is 2.31. The molecule has 1 aromatic carbocycles. The van der Waals surface area contributed by atoms with Gasteiger partial charge in [-0.3, -0.25) is 9.59 Å². The monoisotopic (exact) mass is 332 g/mol. The molecule has 0 saturated carbocycles. The van der Waals surface area contributed by atoms with E-state index in [9.17, 15) is 22.8 Å². The molecule has 0 aliphatic heterocycles. The third-order valence-electron chi connectivity index (χ3n) is 3.26. The summed E-state index contributed by atoms with van der Waals surface area (Å²) in [7, 11) is 0. The molecule has 5 nitrogen and oxygen atoms in total. The Morgan fingerprint density at radius 3 is 2.26 bits per heavy atom. The summed E-state index contributed by atoms with van der Waals surface area (Å²) in [5.41, 5.74) is 5.83. The van der Waals surface area contributed by atoms with E-state index < -0.39 is 18.3 Å². The fraction of sp³-hybridized carbons (Fsp3) is 0.467. The van der Waals surface area contributed by atoms with E-state index in [-0.39, 0.29) is 24.0 Å². The van der Waals surface area contributed by atoms with Crippen molar-refractivity contribution in [3.63, 3.8) is 0 Å². The molecule has 1 aromatic rings. The van der Waals surface area contributed by atoms with Crippen LogP contribution in [0.3, 0.4) is 0 Å². The van der Waals surface area contributed by atoms with E-state index in [0.717, 1.165) is 0 Å². The number of carbonyl (C=O) groups excluding carboxylic acids is 2. The number of nitrogens with two attached hydrogens (primary N) is 1. The standard InChI is InChI=1S/C15H19F3N2O3/c1-3-12(14(19)22)20-13(21)8-9(2)10-4-6-11(7-5-10)23-15(16,17)18/h4-7,9,12H,3,8H2,1-2H3,(H2,19,22)(H,20,21)/t9?,12-/m0/s1. The minimum absolute atomic E-state index is 0.0866. The molecule has 8 heteroatoms. The summed E-state index contributed by atoms with van der Waals surface area (Å²) >= 11 is 0. The Hall–Kier alpha value is -2.25. The lowest BCUT2D eigenvalue weighted by atomic mass is 9.97. The number of hydrogen-bond donors (Lipinski definition) is 2. The Balaban J connectivity index is 2.62. The van der Waals surface area contributed by atoms with E-state index in [4.69, 9.17) is 5.73 Å². The minimum atomic E-state index is -4.74. The third kappa shape index (κ3) is 6.58. The van der Waals surface area contributed by atoms with Crippen LogP contribution in [0, 0.1) is 0 Å². The maximum absolute atomic E-state index is 12.1. The van der Waals surface area contributed by atoms with Crippen LogP contribution in [-0.2, 0) is 9.59 Å². The van der Waals surface area contributed by atoms with E-state index in [0.29, 0.717) is 12.0 Å². The van der Waals surface area contributed by atoms with Gasteiger partial charge in [0.15, 0.2) is 0 Å². The number of carbonyl (C=O) groups is 2. The lowest BCUT2D eigenvalue weighted by Crippen LogP contribution is -2.44. The van der Waals surface area contributed by atoms with Gasteiger partial charge in [-0.1, -0.05) is 26.0 Å². The fourth-order valence-corrected chi connectivity index (χ4v) is 2.02. The van der Waals surface area contributed by atoms with Gasteiger partial charge in [0.2, 0.25) is 11.8 Å². The Bertz CT molecular complexity index is 544. The maximum atomic E-state index is 12.1. The van der Waals surface area contributed by atoms with Crippen LogP contribution in [0.15, 0.2) is 24.3 Å². The zero-order chi connectivity index (χ0) is 17.6. The number of rotatable bonds is 7. The number of primary amides is 1. The van der Waals surface area contributed by atoms with Gasteiger partial charge < -0.3 is 15.8 Å². The van der Waals surface area contributed by atoms with E-state index in [1.807, 2.05) is 0 Å². The highest BCUT2D eigenvalue weighted by atomic mass is 19.4. The molecular weight excluding hydrogens is 313 g/mol. The van der Waals surface area contributed by atoms with Crippen LogP contribution < -0.4 is 15.8 Å². The summed E-state index contributed by atoms with van der Waals surface area (Å²) in [6, 6.07) is 4.58. The van der Waals surface area contributed by atoms with Gasteiger partial charge in [0.25, 0.3) is 0 Å². The molecule has 0 spiro atoms. The SMILES string of the molecule is CC[C@H](NC(=O)CC(C)c1ccc(OC(F)(F)F)cc1)C(N)=O. The molecule has 128 valence electrons. The zero-order valence-corrected chi connectivity index (χ0v) is 12.8. The van der Waals surface area contributed by atoms with Crippen LogP contribution in [0.5, 0.6) is 5.75 Å². The largest absolute Gasteiger partial charge is 0.573 e. The molecule has 0 aliphatic carbocycles. The zero-order valence-electron chi connectivity index (χ0n) is 12.8. The first-order chi connectivity index (χ1) is 10.6. The molecule has 1 rings (SSSR count). The van der Waals surface area contributed by atoms with Crippen molar-refractivity contribution in [1.82, 2.24) is 5.32 Å². The topological polar surface area (TPSA) is 81.4 Å². The van der Waals surface area contributed by atoms with E-state index in [2.05, 4.69) is 10.1 Å². The number of amides is 2. The first-order valence-electron chi connectivity index (χ1n) is 7.06. The van der Waals surface area contributed by atoms with E-state index in [1.165, 1.54) is 24.3 Å². The highest BCUT2D eigenvalue weighted by Crippen LogP contribution is 2.26. The van der Waals surface area contributed by atoms with Crippen LogP contribution in [-0.4, -0.2) is 24.2 Å². The Kier molecular flexibility index (Phi) is 6.41. The molecule has 0 fully saturated rings. The highest BCUT2D eigenvalue weighted by molar-refractivity contribution is 5.86. The van der Waals surface area contributed by atoms with Gasteiger partial charge in [0, 0.05) is 6.42 Å². The van der Waals surface area contributed by atoms with Crippen molar-refractivity contribution in [2.45, 2.75) is 45.0 Å². The molecule has 0 aromatic heterocycles. The fourth-order valence-electron chi connectivity index (χ4n) is 2.02. The maximum Gasteiger partial charge on any atom is 0.573 e. The van der Waals surface area contributed by atoms with Crippen molar-refractivity contribution in [2.24, 2.45) is 5.73 Å². The number of alkyl halides is 3. The van der Waals surface area contributed by atoms with Crippen molar-refractivity contribution in [3.05, 3.63) is 29.8 Å². The van der Waals surface area contributed by atoms with Crippen molar-refractivity contribution in [1.29, 1.82) is 0 Å². The summed E-state index contributed by atoms with van der Waals surface area (Å²) < 4.78 is 40.0. The first kappa shape index (κ1) is 18.8. The summed E-state index contributed by atoms with van der Waals surface area (Å²) in [6.07, 6.45) is -4.26. The second-order valence-electron chi connectivity index (χ2n) is 5.15. The van der Waals surface area contributed by atoms with Crippen LogP contribution >= 0.6 is 0 Å². The molecule has 1 unspecified atom stereocenters. The second kappa shape index (κ2) is 7.85. The lowest BCUT2D eigenvalue weighted by molar-refractivity contribution is -0.274. The van der Waals surface area contributed by atoms with Crippen LogP contribution in [0.4, 0.5) is 13.2 Å². The number of nitrogens with one attached hydrogen (secondary N) is 1. The molecule has 23 heavy (non-hydrogen) atoms. The van der Waals surface area contributed by atoms with Gasteiger partial charge in [0.05, 0.1) is 0 Å². The van der Waals surface area contributed by atoms with Crippen LogP contribution in [0.2, 0.25) is 0 Å². The van der Waals surface area contributed by atoms with Crippen molar-refractivity contribution < 1.29 is 27.5 Å². The van der Waals surface area contributed by atoms with Crippen LogP contribution in [0.1, 0.15) is 38.2 Å². The number of halogens is 3. The summed E-state index contributed by atoms with van der Waals surface area (Å²) in [5.74, 6) is -1.51. The molecule has 0 aliphatic rings. The molecule has 0 radical (unpaired) electrons.